The first-order chi connectivity index (χ1) is 10.2. The summed E-state index contributed by atoms with van der Waals surface area (Å²) in [5.74, 6) is 0.967. The highest BCUT2D eigenvalue weighted by atomic mass is 16.5. The third-order valence-electron chi connectivity index (χ3n) is 3.37. The third-order valence-corrected chi connectivity index (χ3v) is 3.37. The molecule has 0 aliphatic rings. The predicted octanol–water partition coefficient (Wildman–Crippen LogP) is 3.05. The monoisotopic (exact) mass is 290 g/mol. The van der Waals surface area contributed by atoms with Gasteiger partial charge in [0.05, 0.1) is 11.6 Å². The number of fused-ring (bicyclic) bond motifs is 1. The molecule has 0 amide bonds. The molecule has 1 heterocycles. The molecule has 0 aliphatic heterocycles. The van der Waals surface area contributed by atoms with Crippen molar-refractivity contribution in [3.8, 4) is 5.75 Å². The van der Waals surface area contributed by atoms with E-state index in [1.807, 2.05) is 6.07 Å². The van der Waals surface area contributed by atoms with Crippen molar-refractivity contribution in [1.82, 2.24) is 9.88 Å². The van der Waals surface area contributed by atoms with Crippen LogP contribution in [0.5, 0.6) is 5.75 Å². The van der Waals surface area contributed by atoms with Gasteiger partial charge < -0.3 is 19.4 Å². The topological polar surface area (TPSA) is 35.4 Å². The molecule has 1 aromatic carbocycles. The van der Waals surface area contributed by atoms with E-state index in [0.29, 0.717) is 0 Å². The first-order valence-corrected chi connectivity index (χ1v) is 7.66. The summed E-state index contributed by atoms with van der Waals surface area (Å²) < 4.78 is 13.2. The maximum atomic E-state index is 5.87. The van der Waals surface area contributed by atoms with Crippen LogP contribution < -0.4 is 10.1 Å². The lowest BCUT2D eigenvalue weighted by Crippen LogP contribution is -2.21. The number of aromatic nitrogens is 1. The summed E-state index contributed by atoms with van der Waals surface area (Å²) in [7, 11) is 1.74. The van der Waals surface area contributed by atoms with Crippen LogP contribution in [0.25, 0.3) is 10.9 Å². The Hall–Kier alpha value is -1.52. The summed E-state index contributed by atoms with van der Waals surface area (Å²) >= 11 is 0. The van der Waals surface area contributed by atoms with Crippen LogP contribution in [0.15, 0.2) is 30.5 Å². The molecule has 0 radical (unpaired) electrons. The minimum atomic E-state index is 0.196. The second-order valence-electron chi connectivity index (χ2n) is 5.46. The van der Waals surface area contributed by atoms with Crippen molar-refractivity contribution >= 4 is 10.9 Å². The van der Waals surface area contributed by atoms with Gasteiger partial charge in [0.1, 0.15) is 5.75 Å². The number of hydrogen-bond donors (Lipinski definition) is 1. The van der Waals surface area contributed by atoms with Gasteiger partial charge in [0.25, 0.3) is 0 Å². The largest absolute Gasteiger partial charge is 0.490 e. The highest BCUT2D eigenvalue weighted by Gasteiger charge is 2.07. The van der Waals surface area contributed by atoms with E-state index >= 15 is 0 Å². The lowest BCUT2D eigenvalue weighted by Gasteiger charge is -2.11. The zero-order valence-electron chi connectivity index (χ0n) is 13.3. The minimum Gasteiger partial charge on any atom is -0.490 e. The zero-order valence-corrected chi connectivity index (χ0v) is 13.3. The number of hydrogen-bond acceptors (Lipinski definition) is 3. The molecule has 21 heavy (non-hydrogen) atoms. The summed E-state index contributed by atoms with van der Waals surface area (Å²) in [6.07, 6.45) is 3.38. The Kier molecular flexibility index (Phi) is 6.08. The van der Waals surface area contributed by atoms with Crippen molar-refractivity contribution in [2.75, 3.05) is 26.8 Å². The summed E-state index contributed by atoms with van der Waals surface area (Å²) in [5.41, 5.74) is 1.23. The fourth-order valence-corrected chi connectivity index (χ4v) is 2.41. The van der Waals surface area contributed by atoms with Gasteiger partial charge in [-0.05, 0) is 45.0 Å². The van der Waals surface area contributed by atoms with Crippen LogP contribution in [0.3, 0.4) is 0 Å². The van der Waals surface area contributed by atoms with Crippen molar-refractivity contribution < 1.29 is 9.47 Å². The van der Waals surface area contributed by atoms with Crippen LogP contribution in [-0.2, 0) is 11.3 Å². The SMILES string of the molecule is COCCCNCCn1ccc2c(OC(C)C)cccc21. The molecule has 1 N–H and O–H groups in total. The first kappa shape index (κ1) is 15.9. The van der Waals surface area contributed by atoms with Gasteiger partial charge in [0, 0.05) is 38.4 Å². The molecule has 1 aromatic heterocycles. The molecule has 2 rings (SSSR count). The van der Waals surface area contributed by atoms with Gasteiger partial charge in [0.2, 0.25) is 0 Å². The smallest absolute Gasteiger partial charge is 0.129 e. The summed E-state index contributed by atoms with van der Waals surface area (Å²) in [5, 5.41) is 4.62. The summed E-state index contributed by atoms with van der Waals surface area (Å²) in [6.45, 7) is 7.84. The molecule has 4 nitrogen and oxygen atoms in total. The molecular formula is C17H26N2O2. The van der Waals surface area contributed by atoms with E-state index in [4.69, 9.17) is 9.47 Å². The van der Waals surface area contributed by atoms with Crippen molar-refractivity contribution in [1.29, 1.82) is 0 Å². The fraction of sp³-hybridized carbons (Fsp3) is 0.529. The molecule has 4 heteroatoms. The molecule has 2 aromatic rings. The van der Waals surface area contributed by atoms with Crippen LogP contribution in [0.4, 0.5) is 0 Å². The molecule has 0 aliphatic carbocycles. The predicted molar refractivity (Wildman–Crippen MR) is 87.1 cm³/mol. The number of nitrogens with zero attached hydrogens (tertiary/aromatic N) is 1. The molecule has 0 saturated carbocycles. The van der Waals surface area contributed by atoms with Crippen LogP contribution in [0, 0.1) is 0 Å². The van der Waals surface area contributed by atoms with E-state index in [9.17, 15) is 0 Å². The second kappa shape index (κ2) is 8.05. The number of ether oxygens (including phenoxy) is 2. The van der Waals surface area contributed by atoms with Crippen molar-refractivity contribution in [3.05, 3.63) is 30.5 Å². The van der Waals surface area contributed by atoms with E-state index in [-0.39, 0.29) is 6.10 Å². The Balaban J connectivity index is 1.95. The summed E-state index contributed by atoms with van der Waals surface area (Å²) in [4.78, 5) is 0. The maximum absolute atomic E-state index is 5.87. The Bertz CT molecular complexity index is 549. The molecule has 0 saturated heterocycles. The highest BCUT2D eigenvalue weighted by molar-refractivity contribution is 5.86. The van der Waals surface area contributed by atoms with E-state index < -0.39 is 0 Å². The number of rotatable bonds is 9. The van der Waals surface area contributed by atoms with Gasteiger partial charge in [-0.1, -0.05) is 6.07 Å². The quantitative estimate of drug-likeness (QED) is 0.721. The van der Waals surface area contributed by atoms with Crippen molar-refractivity contribution in [3.63, 3.8) is 0 Å². The molecule has 0 fully saturated rings. The second-order valence-corrected chi connectivity index (χ2v) is 5.46. The standard InChI is InChI=1S/C17H26N2O2/c1-14(2)21-17-7-4-6-16-15(17)8-11-19(16)12-10-18-9-5-13-20-3/h4,6-8,11,14,18H,5,9-10,12-13H2,1-3H3. The molecule has 0 atom stereocenters. The van der Waals surface area contributed by atoms with Crippen molar-refractivity contribution in [2.45, 2.75) is 32.9 Å². The van der Waals surface area contributed by atoms with E-state index in [1.54, 1.807) is 7.11 Å². The summed E-state index contributed by atoms with van der Waals surface area (Å²) in [6, 6.07) is 8.38. The zero-order chi connectivity index (χ0) is 15.1. The molecule has 0 unspecified atom stereocenters. The van der Waals surface area contributed by atoms with E-state index in [2.05, 4.69) is 48.1 Å². The van der Waals surface area contributed by atoms with Crippen LogP contribution in [-0.4, -0.2) is 37.5 Å². The third kappa shape index (κ3) is 4.48. The Morgan fingerprint density at radius 3 is 2.81 bits per heavy atom. The Morgan fingerprint density at radius 2 is 2.05 bits per heavy atom. The van der Waals surface area contributed by atoms with Gasteiger partial charge in [0.15, 0.2) is 0 Å². The Labute approximate surface area is 127 Å². The van der Waals surface area contributed by atoms with Crippen LogP contribution >= 0.6 is 0 Å². The maximum Gasteiger partial charge on any atom is 0.129 e. The van der Waals surface area contributed by atoms with E-state index in [0.717, 1.165) is 38.4 Å². The molecule has 116 valence electrons. The average molecular weight is 290 g/mol. The van der Waals surface area contributed by atoms with Crippen LogP contribution in [0.1, 0.15) is 20.3 Å². The highest BCUT2D eigenvalue weighted by Crippen LogP contribution is 2.27. The normalized spacial score (nSPS) is 11.4. The number of benzene rings is 1. The average Bonchev–Trinajstić information content (AvgIpc) is 2.87. The lowest BCUT2D eigenvalue weighted by molar-refractivity contribution is 0.194. The van der Waals surface area contributed by atoms with Gasteiger partial charge in [-0.2, -0.15) is 0 Å². The fourth-order valence-electron chi connectivity index (χ4n) is 2.41. The van der Waals surface area contributed by atoms with Gasteiger partial charge in [-0.25, -0.2) is 0 Å². The van der Waals surface area contributed by atoms with E-state index in [1.165, 1.54) is 10.9 Å². The molecule has 0 spiro atoms. The van der Waals surface area contributed by atoms with Gasteiger partial charge >= 0.3 is 0 Å². The molecule has 0 bridgehead atoms. The molecular weight excluding hydrogens is 264 g/mol. The lowest BCUT2D eigenvalue weighted by atomic mass is 10.2. The van der Waals surface area contributed by atoms with Crippen molar-refractivity contribution in [2.24, 2.45) is 0 Å². The Morgan fingerprint density at radius 1 is 1.19 bits per heavy atom. The number of methoxy groups -OCH3 is 1. The number of nitrogens with one attached hydrogen (secondary N) is 1. The van der Waals surface area contributed by atoms with Gasteiger partial charge in [-0.15, -0.1) is 0 Å². The van der Waals surface area contributed by atoms with Gasteiger partial charge in [-0.3, -0.25) is 0 Å². The van der Waals surface area contributed by atoms with Crippen LogP contribution in [0.2, 0.25) is 0 Å². The first-order valence-electron chi connectivity index (χ1n) is 7.66. The minimum absolute atomic E-state index is 0.196.